The Hall–Kier alpha value is -1.43. The van der Waals surface area contributed by atoms with Crippen LogP contribution in [-0.4, -0.2) is 42.8 Å². The Morgan fingerprint density at radius 1 is 1.27 bits per heavy atom. The maximum Gasteiger partial charge on any atom is 0.243 e. The molecule has 0 saturated carbocycles. The SMILES string of the molecule is CC[C@H](C)[C@H](NC(=O)[C@@H]1CCCN1)C(=O)N[C@H](C=O)C(C)C. The van der Waals surface area contributed by atoms with Gasteiger partial charge in [0.15, 0.2) is 0 Å². The normalized spacial score (nSPS) is 22.0. The van der Waals surface area contributed by atoms with E-state index in [1.807, 2.05) is 27.7 Å². The lowest BCUT2D eigenvalue weighted by atomic mass is 9.96. The molecule has 0 aromatic carbocycles. The topological polar surface area (TPSA) is 87.3 Å². The average molecular weight is 311 g/mol. The molecule has 0 aromatic heterocycles. The van der Waals surface area contributed by atoms with Crippen molar-refractivity contribution in [1.29, 1.82) is 0 Å². The lowest BCUT2D eigenvalue weighted by Crippen LogP contribution is -2.56. The maximum atomic E-state index is 12.5. The quantitative estimate of drug-likeness (QED) is 0.573. The van der Waals surface area contributed by atoms with Crippen LogP contribution in [0.1, 0.15) is 47.0 Å². The summed E-state index contributed by atoms with van der Waals surface area (Å²) in [6.07, 6.45) is 3.28. The predicted molar refractivity (Wildman–Crippen MR) is 85.2 cm³/mol. The number of carbonyl (C=O) groups is 3. The van der Waals surface area contributed by atoms with Crippen LogP contribution in [-0.2, 0) is 14.4 Å². The van der Waals surface area contributed by atoms with Crippen LogP contribution in [0.2, 0.25) is 0 Å². The van der Waals surface area contributed by atoms with Crippen LogP contribution >= 0.6 is 0 Å². The average Bonchev–Trinajstić information content (AvgIpc) is 3.03. The third kappa shape index (κ3) is 5.09. The van der Waals surface area contributed by atoms with Crippen molar-refractivity contribution < 1.29 is 14.4 Å². The van der Waals surface area contributed by atoms with E-state index in [1.54, 1.807) is 0 Å². The van der Waals surface area contributed by atoms with E-state index in [0.29, 0.717) is 0 Å². The van der Waals surface area contributed by atoms with Gasteiger partial charge in [-0.15, -0.1) is 0 Å². The van der Waals surface area contributed by atoms with E-state index in [4.69, 9.17) is 0 Å². The summed E-state index contributed by atoms with van der Waals surface area (Å²) in [5, 5.41) is 8.71. The van der Waals surface area contributed by atoms with Crippen LogP contribution in [0.5, 0.6) is 0 Å². The molecule has 6 heteroatoms. The fourth-order valence-electron chi connectivity index (χ4n) is 2.48. The standard InChI is InChI=1S/C16H29N3O3/c1-5-11(4)14(16(22)18-13(9-20)10(2)3)19-15(21)12-7-6-8-17-12/h9-14,17H,5-8H2,1-4H3,(H,18,22)(H,19,21)/t11-,12-,13+,14-/m0/s1. The zero-order valence-corrected chi connectivity index (χ0v) is 14.0. The maximum absolute atomic E-state index is 12.5. The summed E-state index contributed by atoms with van der Waals surface area (Å²) in [6, 6.07) is -1.35. The highest BCUT2D eigenvalue weighted by Gasteiger charge is 2.31. The Labute approximate surface area is 132 Å². The van der Waals surface area contributed by atoms with Gasteiger partial charge in [-0.2, -0.15) is 0 Å². The first kappa shape index (κ1) is 18.6. The van der Waals surface area contributed by atoms with E-state index in [1.165, 1.54) is 0 Å². The van der Waals surface area contributed by atoms with Gasteiger partial charge in [0.05, 0.1) is 12.1 Å². The highest BCUT2D eigenvalue weighted by Crippen LogP contribution is 2.11. The van der Waals surface area contributed by atoms with Crippen LogP contribution in [0.3, 0.4) is 0 Å². The number of aldehydes is 1. The molecule has 1 fully saturated rings. The van der Waals surface area contributed by atoms with Crippen LogP contribution in [0.25, 0.3) is 0 Å². The summed E-state index contributed by atoms with van der Waals surface area (Å²) in [4.78, 5) is 35.8. The summed E-state index contributed by atoms with van der Waals surface area (Å²) in [6.45, 7) is 8.48. The summed E-state index contributed by atoms with van der Waals surface area (Å²) in [7, 11) is 0. The van der Waals surface area contributed by atoms with Crippen molar-refractivity contribution in [3.8, 4) is 0 Å². The van der Waals surface area contributed by atoms with Crippen molar-refractivity contribution in [2.24, 2.45) is 11.8 Å². The molecular weight excluding hydrogens is 282 g/mol. The van der Waals surface area contributed by atoms with Gasteiger partial charge in [0.1, 0.15) is 12.3 Å². The number of rotatable bonds is 8. The van der Waals surface area contributed by atoms with Gasteiger partial charge in [0, 0.05) is 0 Å². The first-order valence-corrected chi connectivity index (χ1v) is 8.20. The molecule has 2 amide bonds. The van der Waals surface area contributed by atoms with Gasteiger partial charge in [-0.25, -0.2) is 0 Å². The van der Waals surface area contributed by atoms with Crippen molar-refractivity contribution in [2.75, 3.05) is 6.54 Å². The second-order valence-electron chi connectivity index (χ2n) is 6.44. The number of nitrogens with one attached hydrogen (secondary N) is 3. The zero-order chi connectivity index (χ0) is 16.7. The Kier molecular flexibility index (Phi) is 7.51. The lowest BCUT2D eigenvalue weighted by molar-refractivity contribution is -0.132. The zero-order valence-electron chi connectivity index (χ0n) is 14.0. The summed E-state index contributed by atoms with van der Waals surface area (Å²) in [5.41, 5.74) is 0. The van der Waals surface area contributed by atoms with Gasteiger partial charge in [0.2, 0.25) is 11.8 Å². The minimum atomic E-state index is -0.610. The van der Waals surface area contributed by atoms with Gasteiger partial charge in [-0.05, 0) is 31.2 Å². The highest BCUT2D eigenvalue weighted by atomic mass is 16.2. The minimum Gasteiger partial charge on any atom is -0.345 e. The molecule has 1 saturated heterocycles. The van der Waals surface area contributed by atoms with Crippen LogP contribution in [0.15, 0.2) is 0 Å². The van der Waals surface area contributed by atoms with Gasteiger partial charge in [-0.3, -0.25) is 9.59 Å². The number of hydrogen-bond donors (Lipinski definition) is 3. The Morgan fingerprint density at radius 2 is 1.95 bits per heavy atom. The molecule has 22 heavy (non-hydrogen) atoms. The second-order valence-corrected chi connectivity index (χ2v) is 6.44. The van der Waals surface area contributed by atoms with Crippen molar-refractivity contribution in [3.63, 3.8) is 0 Å². The van der Waals surface area contributed by atoms with E-state index in [9.17, 15) is 14.4 Å². The lowest BCUT2D eigenvalue weighted by Gasteiger charge is -2.27. The van der Waals surface area contributed by atoms with Crippen molar-refractivity contribution in [2.45, 2.75) is 65.1 Å². The van der Waals surface area contributed by atoms with E-state index >= 15 is 0 Å². The fourth-order valence-corrected chi connectivity index (χ4v) is 2.48. The molecule has 1 aliphatic heterocycles. The summed E-state index contributed by atoms with van der Waals surface area (Å²) < 4.78 is 0. The molecule has 1 heterocycles. The molecule has 0 unspecified atom stereocenters. The smallest absolute Gasteiger partial charge is 0.243 e. The first-order chi connectivity index (χ1) is 10.4. The molecule has 0 aromatic rings. The molecule has 126 valence electrons. The molecule has 1 aliphatic rings. The number of carbonyl (C=O) groups excluding carboxylic acids is 3. The monoisotopic (exact) mass is 311 g/mol. The Balaban J connectivity index is 2.72. The minimum absolute atomic E-state index is 0.00446. The Morgan fingerprint density at radius 3 is 2.41 bits per heavy atom. The Bertz CT molecular complexity index is 392. The van der Waals surface area contributed by atoms with Crippen molar-refractivity contribution in [3.05, 3.63) is 0 Å². The van der Waals surface area contributed by atoms with Gasteiger partial charge in [-0.1, -0.05) is 34.1 Å². The molecule has 0 bridgehead atoms. The van der Waals surface area contributed by atoms with E-state index in [0.717, 1.165) is 32.1 Å². The molecule has 4 atom stereocenters. The van der Waals surface area contributed by atoms with E-state index in [2.05, 4.69) is 16.0 Å². The molecule has 3 N–H and O–H groups in total. The van der Waals surface area contributed by atoms with Crippen LogP contribution in [0.4, 0.5) is 0 Å². The van der Waals surface area contributed by atoms with E-state index in [-0.39, 0.29) is 29.7 Å². The van der Waals surface area contributed by atoms with Gasteiger partial charge >= 0.3 is 0 Å². The highest BCUT2D eigenvalue weighted by molar-refractivity contribution is 5.91. The van der Waals surface area contributed by atoms with Gasteiger partial charge in [0.25, 0.3) is 0 Å². The van der Waals surface area contributed by atoms with Crippen LogP contribution < -0.4 is 16.0 Å². The molecule has 6 nitrogen and oxygen atoms in total. The van der Waals surface area contributed by atoms with Crippen LogP contribution in [0, 0.1) is 11.8 Å². The molecular formula is C16H29N3O3. The summed E-state index contributed by atoms with van der Waals surface area (Å²) in [5.74, 6) is -0.396. The van der Waals surface area contributed by atoms with Crippen molar-refractivity contribution >= 4 is 18.1 Å². The number of amides is 2. The van der Waals surface area contributed by atoms with E-state index < -0.39 is 12.1 Å². The third-order valence-electron chi connectivity index (χ3n) is 4.34. The summed E-state index contributed by atoms with van der Waals surface area (Å²) >= 11 is 0. The fraction of sp³-hybridized carbons (Fsp3) is 0.812. The first-order valence-electron chi connectivity index (χ1n) is 8.20. The third-order valence-corrected chi connectivity index (χ3v) is 4.34. The largest absolute Gasteiger partial charge is 0.345 e. The van der Waals surface area contributed by atoms with Crippen molar-refractivity contribution in [1.82, 2.24) is 16.0 Å². The molecule has 0 spiro atoms. The number of hydrogen-bond acceptors (Lipinski definition) is 4. The van der Waals surface area contributed by atoms with Gasteiger partial charge < -0.3 is 20.7 Å². The predicted octanol–water partition coefficient (Wildman–Crippen LogP) is 0.609. The molecule has 0 aliphatic carbocycles. The second kappa shape index (κ2) is 8.88. The molecule has 0 radical (unpaired) electrons. The molecule has 1 rings (SSSR count).